The zero-order valence-corrected chi connectivity index (χ0v) is 11.9. The highest BCUT2D eigenvalue weighted by atomic mass is 35.5. The summed E-state index contributed by atoms with van der Waals surface area (Å²) in [6, 6.07) is 3.35. The van der Waals surface area contributed by atoms with E-state index in [4.69, 9.17) is 11.6 Å². The largest absolute Gasteiger partial charge is 0.298 e. The molecule has 0 amide bonds. The maximum absolute atomic E-state index is 12.4. The third kappa shape index (κ3) is 2.82. The predicted molar refractivity (Wildman–Crippen MR) is 71.1 cm³/mol. The molecule has 0 aromatic heterocycles. The van der Waals surface area contributed by atoms with Gasteiger partial charge in [0.25, 0.3) is 5.69 Å². The number of rotatable bonds is 3. The van der Waals surface area contributed by atoms with E-state index >= 15 is 0 Å². The average molecular weight is 319 g/mol. The minimum Gasteiger partial charge on any atom is -0.298 e. The van der Waals surface area contributed by atoms with Crippen LogP contribution in [0.3, 0.4) is 0 Å². The molecule has 1 aliphatic heterocycles. The fourth-order valence-corrected chi connectivity index (χ4v) is 3.77. The Morgan fingerprint density at radius 3 is 2.65 bits per heavy atom. The van der Waals surface area contributed by atoms with Crippen molar-refractivity contribution in [2.24, 2.45) is 0 Å². The molecule has 1 saturated heterocycles. The molecule has 1 heterocycles. The minimum absolute atomic E-state index is 0.0744. The number of hydrogen-bond acceptors (Lipinski definition) is 5. The SMILES string of the molecule is O=C1CCCN(S(=O)(=O)c2ccc(Cl)cc2[N+](=O)[O-])C1. The van der Waals surface area contributed by atoms with Gasteiger partial charge in [-0.1, -0.05) is 11.6 Å². The van der Waals surface area contributed by atoms with Crippen LogP contribution in [0.25, 0.3) is 0 Å². The molecule has 108 valence electrons. The fraction of sp³-hybridized carbons (Fsp3) is 0.364. The van der Waals surface area contributed by atoms with Gasteiger partial charge in [0, 0.05) is 24.1 Å². The number of carbonyl (C=O) groups excluding carboxylic acids is 1. The molecule has 1 aromatic carbocycles. The lowest BCUT2D eigenvalue weighted by Crippen LogP contribution is -2.40. The van der Waals surface area contributed by atoms with E-state index in [-0.39, 0.29) is 23.9 Å². The maximum Gasteiger partial charge on any atom is 0.290 e. The van der Waals surface area contributed by atoms with E-state index in [1.165, 1.54) is 6.07 Å². The number of nitro benzene ring substituents is 1. The van der Waals surface area contributed by atoms with Crippen molar-refractivity contribution in [3.05, 3.63) is 33.3 Å². The lowest BCUT2D eigenvalue weighted by atomic mass is 10.1. The van der Waals surface area contributed by atoms with E-state index in [1.54, 1.807) is 0 Å². The number of sulfonamides is 1. The Balaban J connectivity index is 2.49. The lowest BCUT2D eigenvalue weighted by molar-refractivity contribution is -0.387. The summed E-state index contributed by atoms with van der Waals surface area (Å²) >= 11 is 5.65. The van der Waals surface area contributed by atoms with Crippen LogP contribution in [0.1, 0.15) is 12.8 Å². The highest BCUT2D eigenvalue weighted by Crippen LogP contribution is 2.30. The third-order valence-electron chi connectivity index (χ3n) is 2.95. The molecule has 0 N–H and O–H groups in total. The molecule has 9 heteroatoms. The monoisotopic (exact) mass is 318 g/mol. The number of nitrogens with zero attached hydrogens (tertiary/aromatic N) is 2. The molecule has 0 spiro atoms. The molecule has 0 saturated carbocycles. The number of nitro groups is 1. The number of Topliss-reactive ketones (excluding diaryl/α,β-unsaturated/α-hetero) is 1. The smallest absolute Gasteiger partial charge is 0.290 e. The van der Waals surface area contributed by atoms with Gasteiger partial charge >= 0.3 is 0 Å². The van der Waals surface area contributed by atoms with Crippen molar-refractivity contribution in [2.45, 2.75) is 17.7 Å². The first-order valence-electron chi connectivity index (χ1n) is 5.78. The summed E-state index contributed by atoms with van der Waals surface area (Å²) in [5.74, 6) is -0.198. The van der Waals surface area contributed by atoms with Crippen LogP contribution >= 0.6 is 11.6 Å². The first-order chi connectivity index (χ1) is 9.32. The molecule has 1 aromatic rings. The summed E-state index contributed by atoms with van der Waals surface area (Å²) in [6.07, 6.45) is 0.744. The zero-order chi connectivity index (χ0) is 14.9. The van der Waals surface area contributed by atoms with Crippen LogP contribution in [0.2, 0.25) is 5.02 Å². The van der Waals surface area contributed by atoms with E-state index in [0.717, 1.165) is 16.4 Å². The normalized spacial score (nSPS) is 17.1. The van der Waals surface area contributed by atoms with Crippen LogP contribution in [0.15, 0.2) is 23.1 Å². The molecule has 20 heavy (non-hydrogen) atoms. The van der Waals surface area contributed by atoms with E-state index < -0.39 is 25.5 Å². The number of carbonyl (C=O) groups is 1. The van der Waals surface area contributed by atoms with Crippen molar-refractivity contribution in [1.29, 1.82) is 0 Å². The Hall–Kier alpha value is -1.51. The topological polar surface area (TPSA) is 97.6 Å². The highest BCUT2D eigenvalue weighted by molar-refractivity contribution is 7.89. The second-order valence-corrected chi connectivity index (χ2v) is 6.69. The van der Waals surface area contributed by atoms with Crippen molar-refractivity contribution in [3.63, 3.8) is 0 Å². The van der Waals surface area contributed by atoms with Crippen molar-refractivity contribution >= 4 is 33.1 Å². The fourth-order valence-electron chi connectivity index (χ4n) is 2.00. The van der Waals surface area contributed by atoms with Crippen LogP contribution in [0.5, 0.6) is 0 Å². The Labute approximate surface area is 120 Å². The van der Waals surface area contributed by atoms with E-state index in [9.17, 15) is 23.3 Å². The Morgan fingerprint density at radius 2 is 2.05 bits per heavy atom. The van der Waals surface area contributed by atoms with E-state index in [2.05, 4.69) is 0 Å². The van der Waals surface area contributed by atoms with Gasteiger partial charge in [0.15, 0.2) is 4.90 Å². The van der Waals surface area contributed by atoms with Gasteiger partial charge < -0.3 is 0 Å². The van der Waals surface area contributed by atoms with Crippen LogP contribution in [0.4, 0.5) is 5.69 Å². The molecule has 0 bridgehead atoms. The molecule has 0 unspecified atom stereocenters. The molecular weight excluding hydrogens is 308 g/mol. The Kier molecular flexibility index (Phi) is 4.07. The number of piperidine rings is 1. The van der Waals surface area contributed by atoms with Gasteiger partial charge in [0.05, 0.1) is 11.5 Å². The van der Waals surface area contributed by atoms with Gasteiger partial charge in [-0.15, -0.1) is 0 Å². The molecular formula is C11H11ClN2O5S. The van der Waals surface area contributed by atoms with Crippen molar-refractivity contribution < 1.29 is 18.1 Å². The summed E-state index contributed by atoms with van der Waals surface area (Å²) in [5.41, 5.74) is -0.587. The van der Waals surface area contributed by atoms with Crippen LogP contribution in [0, 0.1) is 10.1 Å². The van der Waals surface area contributed by atoms with Crippen molar-refractivity contribution in [1.82, 2.24) is 4.31 Å². The molecule has 1 fully saturated rings. The Bertz CT molecular complexity index is 673. The van der Waals surface area contributed by atoms with Gasteiger partial charge in [-0.25, -0.2) is 8.42 Å². The number of hydrogen-bond donors (Lipinski definition) is 0. The molecule has 0 atom stereocenters. The summed E-state index contributed by atoms with van der Waals surface area (Å²) in [6.45, 7) is -0.0734. The van der Waals surface area contributed by atoms with E-state index in [0.29, 0.717) is 12.8 Å². The zero-order valence-electron chi connectivity index (χ0n) is 10.3. The Morgan fingerprint density at radius 1 is 1.35 bits per heavy atom. The van der Waals surface area contributed by atoms with Crippen LogP contribution in [-0.4, -0.2) is 36.5 Å². The molecule has 0 aliphatic carbocycles. The van der Waals surface area contributed by atoms with Crippen LogP contribution in [-0.2, 0) is 14.8 Å². The standard InChI is InChI=1S/C11H11ClN2O5S/c12-8-3-4-11(10(6-8)14(16)17)20(18,19)13-5-1-2-9(15)7-13/h3-4,6H,1-2,5,7H2. The first-order valence-corrected chi connectivity index (χ1v) is 7.60. The number of ketones is 1. The molecule has 1 aliphatic rings. The third-order valence-corrected chi connectivity index (χ3v) is 5.08. The minimum atomic E-state index is -4.08. The summed E-state index contributed by atoms with van der Waals surface area (Å²) in [4.78, 5) is 21.1. The quantitative estimate of drug-likeness (QED) is 0.623. The van der Waals surface area contributed by atoms with Gasteiger partial charge in [-0.3, -0.25) is 14.9 Å². The maximum atomic E-state index is 12.4. The predicted octanol–water partition coefficient (Wildman–Crippen LogP) is 1.60. The van der Waals surface area contributed by atoms with Gasteiger partial charge in [-0.2, -0.15) is 4.31 Å². The second-order valence-electron chi connectivity index (χ2n) is 4.35. The number of halogens is 1. The van der Waals surface area contributed by atoms with E-state index in [1.807, 2.05) is 0 Å². The first kappa shape index (κ1) is 14.9. The molecule has 7 nitrogen and oxygen atoms in total. The second kappa shape index (κ2) is 5.47. The highest BCUT2D eigenvalue weighted by Gasteiger charge is 2.34. The van der Waals surface area contributed by atoms with Gasteiger partial charge in [-0.05, 0) is 18.6 Å². The molecule has 2 rings (SSSR count). The summed E-state index contributed by atoms with van der Waals surface area (Å²) in [7, 11) is -4.08. The number of benzene rings is 1. The summed E-state index contributed by atoms with van der Waals surface area (Å²) < 4.78 is 25.8. The van der Waals surface area contributed by atoms with Crippen molar-refractivity contribution in [3.8, 4) is 0 Å². The molecule has 0 radical (unpaired) electrons. The summed E-state index contributed by atoms with van der Waals surface area (Å²) in [5, 5.41) is 11.0. The van der Waals surface area contributed by atoms with Crippen molar-refractivity contribution in [2.75, 3.05) is 13.1 Å². The van der Waals surface area contributed by atoms with Gasteiger partial charge in [0.1, 0.15) is 5.78 Å². The van der Waals surface area contributed by atoms with Gasteiger partial charge in [0.2, 0.25) is 10.0 Å². The average Bonchev–Trinajstić information content (AvgIpc) is 2.38. The van der Waals surface area contributed by atoms with Crippen LogP contribution < -0.4 is 0 Å². The lowest BCUT2D eigenvalue weighted by Gasteiger charge is -2.24.